The average molecular weight is 508 g/mol. The number of aliphatic imine (C=N–C) groups is 1. The van der Waals surface area contributed by atoms with Gasteiger partial charge in [0.2, 0.25) is 0 Å². The van der Waals surface area contributed by atoms with Crippen LogP contribution < -0.4 is 0 Å². The molecule has 0 radical (unpaired) electrons. The van der Waals surface area contributed by atoms with E-state index in [1.165, 1.54) is 18.6 Å². The zero-order chi connectivity index (χ0) is 26.2. The van der Waals surface area contributed by atoms with Crippen molar-refractivity contribution in [1.82, 2.24) is 15.0 Å². The van der Waals surface area contributed by atoms with E-state index < -0.39 is 35.6 Å². The summed E-state index contributed by atoms with van der Waals surface area (Å²) >= 11 is 0. The summed E-state index contributed by atoms with van der Waals surface area (Å²) in [4.78, 5) is 29.8. The van der Waals surface area contributed by atoms with Crippen LogP contribution in [-0.4, -0.2) is 26.9 Å². The topological polar surface area (TPSA) is 68.1 Å². The summed E-state index contributed by atoms with van der Waals surface area (Å²) in [7, 11) is 0. The van der Waals surface area contributed by atoms with E-state index in [0.717, 1.165) is 30.0 Å². The zero-order valence-corrected chi connectivity index (χ0v) is 19.1. The predicted octanol–water partition coefficient (Wildman–Crippen LogP) is 6.11. The highest BCUT2D eigenvalue weighted by Crippen LogP contribution is 2.35. The standard InChI is InChI=1S/C27H17F5N4O/c28-20-7-6-16(12-23(37)15-3-1-4-17(11-15)27(30,31)32)24(29)19(20)13-22-18(5-2-9-33-22)25-26-21(8-10-34-26)35-14-36-25/h1-7,9-11,14H,8,12-13H2. The van der Waals surface area contributed by atoms with Gasteiger partial charge in [-0.1, -0.05) is 18.2 Å². The summed E-state index contributed by atoms with van der Waals surface area (Å²) < 4.78 is 69.3. The maximum atomic E-state index is 15.5. The molecule has 0 amide bonds. The Balaban J connectivity index is 1.47. The third-order valence-electron chi connectivity index (χ3n) is 6.02. The molecule has 1 aliphatic heterocycles. The Kier molecular flexibility index (Phi) is 6.32. The number of ketones is 1. The number of pyridine rings is 1. The number of hydrogen-bond donors (Lipinski definition) is 0. The average Bonchev–Trinajstić information content (AvgIpc) is 3.37. The minimum absolute atomic E-state index is 0.135. The van der Waals surface area contributed by atoms with Crippen molar-refractivity contribution in [2.45, 2.75) is 25.4 Å². The molecule has 3 heterocycles. The molecule has 37 heavy (non-hydrogen) atoms. The van der Waals surface area contributed by atoms with E-state index in [4.69, 9.17) is 0 Å². The number of carbonyl (C=O) groups is 1. The van der Waals surface area contributed by atoms with Crippen LogP contribution in [-0.2, 0) is 25.4 Å². The Labute approximate surface area is 207 Å². The van der Waals surface area contributed by atoms with Crippen molar-refractivity contribution < 1.29 is 26.7 Å². The number of carbonyl (C=O) groups excluding carboxylic acids is 1. The Morgan fingerprint density at radius 2 is 1.81 bits per heavy atom. The van der Waals surface area contributed by atoms with Crippen LogP contribution in [0, 0.1) is 11.6 Å². The van der Waals surface area contributed by atoms with Crippen molar-refractivity contribution in [3.8, 4) is 11.3 Å². The van der Waals surface area contributed by atoms with E-state index in [9.17, 15) is 22.4 Å². The Morgan fingerprint density at radius 1 is 0.973 bits per heavy atom. The van der Waals surface area contributed by atoms with Crippen LogP contribution in [0.3, 0.4) is 0 Å². The summed E-state index contributed by atoms with van der Waals surface area (Å²) in [6, 6.07) is 9.43. The van der Waals surface area contributed by atoms with E-state index in [1.807, 2.05) is 0 Å². The first-order chi connectivity index (χ1) is 17.7. The molecule has 186 valence electrons. The van der Waals surface area contributed by atoms with Crippen LogP contribution in [0.1, 0.15) is 38.4 Å². The third kappa shape index (κ3) is 4.87. The first-order valence-electron chi connectivity index (χ1n) is 11.2. The fraction of sp³-hybridized carbons (Fsp3) is 0.148. The van der Waals surface area contributed by atoms with Crippen LogP contribution in [0.4, 0.5) is 27.6 Å². The summed E-state index contributed by atoms with van der Waals surface area (Å²) in [6.45, 7) is 0. The normalized spacial score (nSPS) is 12.6. The summed E-state index contributed by atoms with van der Waals surface area (Å²) in [5.41, 5.74) is 0.998. The van der Waals surface area contributed by atoms with E-state index in [0.29, 0.717) is 35.1 Å². The fourth-order valence-corrected chi connectivity index (χ4v) is 4.17. The second-order valence-electron chi connectivity index (χ2n) is 8.39. The number of benzene rings is 2. The van der Waals surface area contributed by atoms with Crippen LogP contribution in [0.15, 0.2) is 66.0 Å². The number of rotatable bonds is 6. The van der Waals surface area contributed by atoms with Crippen molar-refractivity contribution in [1.29, 1.82) is 0 Å². The molecule has 4 aromatic rings. The molecule has 0 fully saturated rings. The Morgan fingerprint density at radius 3 is 2.62 bits per heavy atom. The molecule has 0 saturated heterocycles. The lowest BCUT2D eigenvalue weighted by Gasteiger charge is -2.13. The van der Waals surface area contributed by atoms with Gasteiger partial charge in [0.25, 0.3) is 0 Å². The SMILES string of the molecule is O=C(Cc1ccc(F)c(Cc2ncccc2-c2ncnc3c2N=CC3)c1F)c1cccc(C(F)(F)F)c1. The highest BCUT2D eigenvalue weighted by Gasteiger charge is 2.31. The molecule has 0 unspecified atom stereocenters. The van der Waals surface area contributed by atoms with Gasteiger partial charge < -0.3 is 0 Å². The smallest absolute Gasteiger partial charge is 0.294 e. The molecule has 0 N–H and O–H groups in total. The summed E-state index contributed by atoms with van der Waals surface area (Å²) in [6.07, 6.45) is -0.290. The summed E-state index contributed by atoms with van der Waals surface area (Å²) in [5.74, 6) is -2.52. The highest BCUT2D eigenvalue weighted by molar-refractivity contribution is 5.97. The number of Topliss-reactive ketones (excluding diaryl/α,β-unsaturated/α-hetero) is 1. The van der Waals surface area contributed by atoms with Crippen LogP contribution >= 0.6 is 0 Å². The first-order valence-corrected chi connectivity index (χ1v) is 11.2. The lowest BCUT2D eigenvalue weighted by molar-refractivity contribution is -0.137. The molecule has 2 aromatic heterocycles. The minimum atomic E-state index is -4.62. The van der Waals surface area contributed by atoms with Crippen LogP contribution in [0.2, 0.25) is 0 Å². The fourth-order valence-electron chi connectivity index (χ4n) is 4.17. The predicted molar refractivity (Wildman–Crippen MR) is 126 cm³/mol. The van der Waals surface area contributed by atoms with Crippen molar-refractivity contribution in [3.05, 3.63) is 106 Å². The largest absolute Gasteiger partial charge is 0.416 e. The van der Waals surface area contributed by atoms with Gasteiger partial charge in [-0.05, 0) is 35.9 Å². The number of aromatic nitrogens is 3. The second kappa shape index (κ2) is 9.61. The molecule has 0 bridgehead atoms. The maximum absolute atomic E-state index is 15.5. The van der Waals surface area contributed by atoms with Gasteiger partial charge in [-0.3, -0.25) is 14.8 Å². The van der Waals surface area contributed by atoms with Gasteiger partial charge >= 0.3 is 6.18 Å². The molecule has 0 atom stereocenters. The summed E-state index contributed by atoms with van der Waals surface area (Å²) in [5, 5.41) is 0. The molecule has 5 nitrogen and oxygen atoms in total. The van der Waals surface area contributed by atoms with Gasteiger partial charge in [-0.2, -0.15) is 13.2 Å². The second-order valence-corrected chi connectivity index (χ2v) is 8.39. The van der Waals surface area contributed by atoms with Crippen LogP contribution in [0.5, 0.6) is 0 Å². The Bertz CT molecular complexity index is 1550. The monoisotopic (exact) mass is 508 g/mol. The first kappa shape index (κ1) is 24.4. The molecular formula is C27H17F5N4O. The van der Waals surface area contributed by atoms with Gasteiger partial charge in [-0.25, -0.2) is 18.7 Å². The van der Waals surface area contributed by atoms with Crippen molar-refractivity contribution in [3.63, 3.8) is 0 Å². The van der Waals surface area contributed by atoms with Crippen molar-refractivity contribution in [2.75, 3.05) is 0 Å². The van der Waals surface area contributed by atoms with Crippen molar-refractivity contribution in [2.24, 2.45) is 4.99 Å². The van der Waals surface area contributed by atoms with Crippen LogP contribution in [0.25, 0.3) is 11.3 Å². The molecular weight excluding hydrogens is 491 g/mol. The highest BCUT2D eigenvalue weighted by atomic mass is 19.4. The molecule has 10 heteroatoms. The lowest BCUT2D eigenvalue weighted by Crippen LogP contribution is -2.11. The van der Waals surface area contributed by atoms with Crippen molar-refractivity contribution >= 4 is 17.7 Å². The number of nitrogens with zero attached hydrogens (tertiary/aromatic N) is 4. The van der Waals surface area contributed by atoms with Gasteiger partial charge in [0.1, 0.15) is 29.3 Å². The lowest BCUT2D eigenvalue weighted by atomic mass is 9.96. The Hall–Kier alpha value is -4.34. The van der Waals surface area contributed by atoms with Gasteiger partial charge in [-0.15, -0.1) is 0 Å². The zero-order valence-electron chi connectivity index (χ0n) is 19.1. The van der Waals surface area contributed by atoms with Gasteiger partial charge in [0.05, 0.1) is 17.0 Å². The molecule has 5 rings (SSSR count). The molecule has 0 saturated carbocycles. The number of fused-ring (bicyclic) bond motifs is 1. The molecule has 0 aliphatic carbocycles. The quantitative estimate of drug-likeness (QED) is 0.233. The van der Waals surface area contributed by atoms with E-state index in [-0.39, 0.29) is 23.1 Å². The van der Waals surface area contributed by atoms with E-state index in [2.05, 4.69) is 19.9 Å². The minimum Gasteiger partial charge on any atom is -0.294 e. The third-order valence-corrected chi connectivity index (χ3v) is 6.02. The van der Waals surface area contributed by atoms with E-state index in [1.54, 1.807) is 18.3 Å². The number of hydrogen-bond acceptors (Lipinski definition) is 5. The maximum Gasteiger partial charge on any atom is 0.416 e. The molecule has 0 spiro atoms. The molecule has 1 aliphatic rings. The number of alkyl halides is 3. The van der Waals surface area contributed by atoms with Gasteiger partial charge in [0.15, 0.2) is 5.78 Å². The molecule has 2 aromatic carbocycles. The van der Waals surface area contributed by atoms with Gasteiger partial charge in [0, 0.05) is 48.4 Å². The van der Waals surface area contributed by atoms with E-state index >= 15 is 4.39 Å². The number of halogens is 5.